The second kappa shape index (κ2) is 6.52. The summed E-state index contributed by atoms with van der Waals surface area (Å²) < 4.78 is 5.57. The molecule has 0 aliphatic carbocycles. The number of nitro groups is 1. The molecule has 5 heteroatoms. The van der Waals surface area contributed by atoms with Crippen molar-refractivity contribution in [3.05, 3.63) is 34.4 Å². The van der Waals surface area contributed by atoms with Gasteiger partial charge in [0.25, 0.3) is 0 Å². The van der Waals surface area contributed by atoms with Gasteiger partial charge in [-0.05, 0) is 18.9 Å². The van der Waals surface area contributed by atoms with E-state index in [1.165, 1.54) is 36.9 Å². The molecule has 19 heavy (non-hydrogen) atoms. The summed E-state index contributed by atoms with van der Waals surface area (Å²) in [5.41, 5.74) is 0.0458. The van der Waals surface area contributed by atoms with Gasteiger partial charge in [0, 0.05) is 12.0 Å². The minimum atomic E-state index is -0.398. The van der Waals surface area contributed by atoms with E-state index in [4.69, 9.17) is 4.74 Å². The number of rotatable bonds is 5. The largest absolute Gasteiger partial charge is 0.481 e. The minimum Gasteiger partial charge on any atom is -0.481 e. The first-order valence-electron chi connectivity index (χ1n) is 6.86. The van der Waals surface area contributed by atoms with Gasteiger partial charge >= 0.3 is 5.69 Å². The summed E-state index contributed by atoms with van der Waals surface area (Å²) in [5.74, 6) is 1.15. The van der Waals surface area contributed by atoms with E-state index < -0.39 is 4.92 Å². The Kier molecular flexibility index (Phi) is 4.74. The third-order valence-corrected chi connectivity index (χ3v) is 3.64. The fraction of sp³-hybridized carbons (Fsp3) is 0.571. The topological polar surface area (TPSA) is 56.8 Å². The Bertz CT molecular complexity index is 436. The lowest BCUT2D eigenvalue weighted by molar-refractivity contribution is -0.908. The molecule has 1 heterocycles. The normalized spacial score (nSPS) is 23.0. The SMILES string of the molecule is C[C@@H]1CCC[NH+](CCOc2ccccc2[N+](=O)[O-])C1. The van der Waals surface area contributed by atoms with Gasteiger partial charge in [0.1, 0.15) is 13.2 Å². The van der Waals surface area contributed by atoms with Crippen molar-refractivity contribution in [3.8, 4) is 5.75 Å². The van der Waals surface area contributed by atoms with Crippen LogP contribution in [0.3, 0.4) is 0 Å². The first-order chi connectivity index (χ1) is 9.16. The van der Waals surface area contributed by atoms with Gasteiger partial charge in [0.05, 0.1) is 18.0 Å². The van der Waals surface area contributed by atoms with Crippen LogP contribution in [0.5, 0.6) is 5.75 Å². The van der Waals surface area contributed by atoms with Crippen molar-refractivity contribution in [1.82, 2.24) is 0 Å². The summed E-state index contributed by atoms with van der Waals surface area (Å²) in [5, 5.41) is 10.8. The number of para-hydroxylation sites is 2. The van der Waals surface area contributed by atoms with E-state index in [0.717, 1.165) is 12.5 Å². The van der Waals surface area contributed by atoms with Crippen LogP contribution in [-0.4, -0.2) is 31.2 Å². The second-order valence-corrected chi connectivity index (χ2v) is 5.27. The van der Waals surface area contributed by atoms with Crippen molar-refractivity contribution in [2.75, 3.05) is 26.2 Å². The lowest BCUT2D eigenvalue weighted by Crippen LogP contribution is -3.14. The van der Waals surface area contributed by atoms with Crippen molar-refractivity contribution in [2.45, 2.75) is 19.8 Å². The quantitative estimate of drug-likeness (QED) is 0.644. The van der Waals surface area contributed by atoms with Crippen molar-refractivity contribution in [3.63, 3.8) is 0 Å². The van der Waals surface area contributed by atoms with Gasteiger partial charge in [0.15, 0.2) is 5.75 Å². The molecule has 0 saturated carbocycles. The van der Waals surface area contributed by atoms with E-state index in [2.05, 4.69) is 6.92 Å². The minimum absolute atomic E-state index is 0.0458. The molecule has 1 aromatic rings. The van der Waals surface area contributed by atoms with Crippen LogP contribution >= 0.6 is 0 Å². The average Bonchev–Trinajstić information content (AvgIpc) is 2.39. The van der Waals surface area contributed by atoms with Gasteiger partial charge in [-0.2, -0.15) is 0 Å². The Morgan fingerprint density at radius 3 is 3.00 bits per heavy atom. The van der Waals surface area contributed by atoms with E-state index in [9.17, 15) is 10.1 Å². The van der Waals surface area contributed by atoms with Crippen LogP contribution in [-0.2, 0) is 0 Å². The van der Waals surface area contributed by atoms with Crippen LogP contribution in [0.2, 0.25) is 0 Å². The molecule has 0 amide bonds. The van der Waals surface area contributed by atoms with Crippen molar-refractivity contribution < 1.29 is 14.6 Å². The fourth-order valence-corrected chi connectivity index (χ4v) is 2.66. The number of likely N-dealkylation sites (tertiary alicyclic amines) is 1. The number of hydrogen-bond donors (Lipinski definition) is 1. The van der Waals surface area contributed by atoms with Crippen LogP contribution in [0, 0.1) is 16.0 Å². The van der Waals surface area contributed by atoms with Crippen LogP contribution in [0.4, 0.5) is 5.69 Å². The molecule has 1 N–H and O–H groups in total. The van der Waals surface area contributed by atoms with Crippen molar-refractivity contribution in [2.24, 2.45) is 5.92 Å². The van der Waals surface area contributed by atoms with E-state index >= 15 is 0 Å². The number of piperidine rings is 1. The number of nitrogens with one attached hydrogen (secondary N) is 1. The lowest BCUT2D eigenvalue weighted by atomic mass is 10.0. The van der Waals surface area contributed by atoms with Gasteiger partial charge in [-0.1, -0.05) is 19.1 Å². The number of benzene rings is 1. The zero-order valence-electron chi connectivity index (χ0n) is 11.3. The highest BCUT2D eigenvalue weighted by Crippen LogP contribution is 2.25. The summed E-state index contributed by atoms with van der Waals surface area (Å²) in [4.78, 5) is 12.0. The zero-order chi connectivity index (χ0) is 13.7. The Morgan fingerprint density at radius 1 is 1.47 bits per heavy atom. The number of nitro benzene ring substituents is 1. The van der Waals surface area contributed by atoms with Crippen LogP contribution in [0.25, 0.3) is 0 Å². The molecule has 0 radical (unpaired) electrons. The molecule has 2 rings (SSSR count). The van der Waals surface area contributed by atoms with E-state index in [-0.39, 0.29) is 5.69 Å². The first-order valence-corrected chi connectivity index (χ1v) is 6.86. The Balaban J connectivity index is 1.84. The molecule has 1 fully saturated rings. The van der Waals surface area contributed by atoms with Crippen LogP contribution in [0.1, 0.15) is 19.8 Å². The van der Waals surface area contributed by atoms with Crippen molar-refractivity contribution >= 4 is 5.69 Å². The maximum atomic E-state index is 10.8. The third kappa shape index (κ3) is 3.92. The van der Waals surface area contributed by atoms with Crippen LogP contribution in [0.15, 0.2) is 24.3 Å². The lowest BCUT2D eigenvalue weighted by Gasteiger charge is -2.27. The molecular formula is C14H21N2O3+. The smallest absolute Gasteiger partial charge is 0.310 e. The van der Waals surface area contributed by atoms with Crippen LogP contribution < -0.4 is 9.64 Å². The monoisotopic (exact) mass is 265 g/mol. The predicted octanol–water partition coefficient (Wildman–Crippen LogP) is 1.29. The summed E-state index contributed by atoms with van der Waals surface area (Å²) in [6.07, 6.45) is 2.58. The number of hydrogen-bond acceptors (Lipinski definition) is 3. The summed E-state index contributed by atoms with van der Waals surface area (Å²) >= 11 is 0. The highest BCUT2D eigenvalue weighted by Gasteiger charge is 2.20. The second-order valence-electron chi connectivity index (χ2n) is 5.27. The van der Waals surface area contributed by atoms with Gasteiger partial charge < -0.3 is 9.64 Å². The first kappa shape index (κ1) is 13.8. The van der Waals surface area contributed by atoms with Gasteiger partial charge in [-0.3, -0.25) is 10.1 Å². The zero-order valence-corrected chi connectivity index (χ0v) is 11.3. The molecule has 0 spiro atoms. The summed E-state index contributed by atoms with van der Waals surface area (Å²) in [7, 11) is 0. The molecule has 1 unspecified atom stereocenters. The van der Waals surface area contributed by atoms with E-state index in [0.29, 0.717) is 12.4 Å². The van der Waals surface area contributed by atoms with Gasteiger partial charge in [0.2, 0.25) is 0 Å². The predicted molar refractivity (Wildman–Crippen MR) is 72.6 cm³/mol. The maximum absolute atomic E-state index is 10.8. The van der Waals surface area contributed by atoms with E-state index in [1.54, 1.807) is 18.2 Å². The molecular weight excluding hydrogens is 244 g/mol. The molecule has 1 aliphatic heterocycles. The maximum Gasteiger partial charge on any atom is 0.310 e. The average molecular weight is 265 g/mol. The molecule has 0 bridgehead atoms. The number of nitrogens with zero attached hydrogens (tertiary/aromatic N) is 1. The molecule has 5 nitrogen and oxygen atoms in total. The van der Waals surface area contributed by atoms with E-state index in [1.807, 2.05) is 0 Å². The summed E-state index contributed by atoms with van der Waals surface area (Å²) in [6.45, 7) is 6.09. The summed E-state index contributed by atoms with van der Waals surface area (Å²) in [6, 6.07) is 6.55. The molecule has 0 aromatic heterocycles. The molecule has 1 aliphatic rings. The highest BCUT2D eigenvalue weighted by molar-refractivity contribution is 5.45. The highest BCUT2D eigenvalue weighted by atomic mass is 16.6. The van der Waals surface area contributed by atoms with Gasteiger partial charge in [-0.15, -0.1) is 0 Å². The molecule has 104 valence electrons. The third-order valence-electron chi connectivity index (χ3n) is 3.64. The fourth-order valence-electron chi connectivity index (χ4n) is 2.66. The standard InChI is InChI=1S/C14H20N2O3/c1-12-5-4-8-15(11-12)9-10-19-14-7-3-2-6-13(14)16(17)18/h2-3,6-7,12H,4-5,8-11H2,1H3/p+1/t12-/m1/s1. The Labute approximate surface area is 113 Å². The Hall–Kier alpha value is -1.62. The van der Waals surface area contributed by atoms with Crippen molar-refractivity contribution in [1.29, 1.82) is 0 Å². The molecule has 1 aromatic carbocycles. The molecule has 2 atom stereocenters. The molecule has 1 saturated heterocycles. The number of ether oxygens (including phenoxy) is 1. The van der Waals surface area contributed by atoms with Gasteiger partial charge in [-0.25, -0.2) is 0 Å². The number of quaternary nitrogens is 1. The Morgan fingerprint density at radius 2 is 2.26 bits per heavy atom.